The number of carbonyl (C=O) groups is 1. The molecule has 0 bridgehead atoms. The zero-order chi connectivity index (χ0) is 15.0. The van der Waals surface area contributed by atoms with Crippen LogP contribution in [0.4, 0.5) is 0 Å². The zero-order valence-electron chi connectivity index (χ0n) is 12.3. The number of aromatic nitrogens is 1. The van der Waals surface area contributed by atoms with Gasteiger partial charge in [-0.3, -0.25) is 4.79 Å². The van der Waals surface area contributed by atoms with E-state index in [1.165, 1.54) is 0 Å². The van der Waals surface area contributed by atoms with E-state index in [4.69, 9.17) is 4.42 Å². The topological polar surface area (TPSA) is 38.4 Å². The van der Waals surface area contributed by atoms with Crippen LogP contribution in [0, 0.1) is 0 Å². The van der Waals surface area contributed by atoms with Crippen molar-refractivity contribution in [2.45, 2.75) is 45.3 Å². The van der Waals surface area contributed by atoms with Crippen molar-refractivity contribution < 1.29 is 9.21 Å². The largest absolute Gasteiger partial charge is 0.467 e. The van der Waals surface area contributed by atoms with Gasteiger partial charge in [-0.2, -0.15) is 0 Å². The summed E-state index contributed by atoms with van der Waals surface area (Å²) in [5.74, 6) is 0.908. The Hall–Kier alpha value is -1.49. The predicted molar refractivity (Wildman–Crippen MR) is 84.1 cm³/mol. The molecule has 1 amide bonds. The summed E-state index contributed by atoms with van der Waals surface area (Å²) in [5, 5.41) is 0. The van der Waals surface area contributed by atoms with Crippen LogP contribution in [0.2, 0.25) is 0 Å². The number of carbonyl (C=O) groups excluding carboxylic acids is 1. The van der Waals surface area contributed by atoms with Gasteiger partial charge in [-0.15, -0.1) is 0 Å². The molecule has 0 aromatic carbocycles. The number of hydrogen-bond donors (Lipinski definition) is 0. The summed E-state index contributed by atoms with van der Waals surface area (Å²) in [5.41, 5.74) is 0.732. The zero-order valence-corrected chi connectivity index (χ0v) is 13.8. The molecule has 0 unspecified atom stereocenters. The van der Waals surface area contributed by atoms with Crippen molar-refractivity contribution >= 4 is 21.8 Å². The van der Waals surface area contributed by atoms with Crippen molar-refractivity contribution in [3.05, 3.63) is 46.6 Å². The van der Waals surface area contributed by atoms with Gasteiger partial charge in [-0.1, -0.05) is 0 Å². The van der Waals surface area contributed by atoms with Crippen molar-refractivity contribution in [2.75, 3.05) is 0 Å². The van der Waals surface area contributed by atoms with Crippen LogP contribution in [-0.4, -0.2) is 21.4 Å². The highest BCUT2D eigenvalue weighted by atomic mass is 79.9. The van der Waals surface area contributed by atoms with Gasteiger partial charge in [0, 0.05) is 22.8 Å². The number of furan rings is 1. The maximum absolute atomic E-state index is 12.9. The first-order chi connectivity index (χ1) is 10.1. The van der Waals surface area contributed by atoms with E-state index in [0.29, 0.717) is 12.6 Å². The minimum absolute atomic E-state index is 0.0771. The van der Waals surface area contributed by atoms with E-state index in [1.807, 2.05) is 33.9 Å². The monoisotopic (exact) mass is 350 g/mol. The van der Waals surface area contributed by atoms with Crippen molar-refractivity contribution in [3.63, 3.8) is 0 Å². The first-order valence-corrected chi connectivity index (χ1v) is 8.06. The quantitative estimate of drug-likeness (QED) is 0.809. The Morgan fingerprint density at radius 3 is 2.86 bits per heavy atom. The highest BCUT2D eigenvalue weighted by Gasteiger charge is 2.35. The average Bonchev–Trinajstić information content (AvgIpc) is 2.99. The van der Waals surface area contributed by atoms with E-state index in [2.05, 4.69) is 29.8 Å². The Morgan fingerprint density at radius 1 is 1.52 bits per heavy atom. The molecule has 4 nitrogen and oxygen atoms in total. The number of halogens is 1. The fourth-order valence-corrected chi connectivity index (χ4v) is 2.95. The molecule has 2 heterocycles. The van der Waals surface area contributed by atoms with Gasteiger partial charge in [0.25, 0.3) is 5.91 Å². The smallest absolute Gasteiger partial charge is 0.271 e. The van der Waals surface area contributed by atoms with E-state index < -0.39 is 0 Å². The highest BCUT2D eigenvalue weighted by molar-refractivity contribution is 9.10. The molecule has 0 radical (unpaired) electrons. The SMILES string of the molecule is CC(C)n1cc(Br)cc1C(=O)N(Cc1ccco1)C1CC1. The lowest BCUT2D eigenvalue weighted by atomic mass is 10.3. The van der Waals surface area contributed by atoms with Gasteiger partial charge < -0.3 is 13.9 Å². The maximum Gasteiger partial charge on any atom is 0.271 e. The second kappa shape index (κ2) is 5.72. The lowest BCUT2D eigenvalue weighted by molar-refractivity contribution is 0.0705. The Balaban J connectivity index is 1.87. The predicted octanol–water partition coefficient (Wildman–Crippen LogP) is 4.23. The number of hydrogen-bond acceptors (Lipinski definition) is 2. The molecular weight excluding hydrogens is 332 g/mol. The van der Waals surface area contributed by atoms with Gasteiger partial charge in [0.2, 0.25) is 0 Å². The molecular formula is C16H19BrN2O2. The van der Waals surface area contributed by atoms with E-state index >= 15 is 0 Å². The highest BCUT2D eigenvalue weighted by Crippen LogP contribution is 2.31. The molecule has 1 saturated carbocycles. The van der Waals surface area contributed by atoms with Gasteiger partial charge >= 0.3 is 0 Å². The van der Waals surface area contributed by atoms with Crippen molar-refractivity contribution in [3.8, 4) is 0 Å². The third-order valence-electron chi connectivity index (χ3n) is 3.75. The molecule has 2 aromatic heterocycles. The van der Waals surface area contributed by atoms with E-state index in [9.17, 15) is 4.79 Å². The molecule has 1 aliphatic rings. The molecule has 3 rings (SSSR count). The normalized spacial score (nSPS) is 14.7. The second-order valence-corrected chi connectivity index (χ2v) is 6.70. The summed E-state index contributed by atoms with van der Waals surface area (Å²) < 4.78 is 8.36. The first kappa shape index (κ1) is 14.4. The molecule has 5 heteroatoms. The Labute approximate surface area is 132 Å². The third kappa shape index (κ3) is 3.07. The summed E-state index contributed by atoms with van der Waals surface area (Å²) in [6.45, 7) is 4.70. The van der Waals surface area contributed by atoms with Crippen LogP contribution in [0.15, 0.2) is 39.5 Å². The van der Waals surface area contributed by atoms with Crippen molar-refractivity contribution in [1.29, 1.82) is 0 Å². The number of nitrogens with zero attached hydrogens (tertiary/aromatic N) is 2. The Kier molecular flexibility index (Phi) is 3.93. The molecule has 112 valence electrons. The van der Waals surface area contributed by atoms with E-state index in [0.717, 1.165) is 28.8 Å². The molecule has 0 spiro atoms. The molecule has 2 aromatic rings. The van der Waals surface area contributed by atoms with Crippen LogP contribution in [0.5, 0.6) is 0 Å². The molecule has 1 fully saturated rings. The van der Waals surface area contributed by atoms with Crippen molar-refractivity contribution in [1.82, 2.24) is 9.47 Å². The van der Waals surface area contributed by atoms with Crippen molar-refractivity contribution in [2.24, 2.45) is 0 Å². The summed E-state index contributed by atoms with van der Waals surface area (Å²) in [4.78, 5) is 14.9. The molecule has 0 aliphatic heterocycles. The number of rotatable bonds is 5. The molecule has 0 saturated heterocycles. The van der Waals surface area contributed by atoms with Gasteiger partial charge in [0.15, 0.2) is 0 Å². The minimum Gasteiger partial charge on any atom is -0.467 e. The Bertz CT molecular complexity index is 627. The average molecular weight is 351 g/mol. The fourth-order valence-electron chi connectivity index (χ4n) is 2.51. The van der Waals surface area contributed by atoms with Crippen LogP contribution in [0.25, 0.3) is 0 Å². The van der Waals surface area contributed by atoms with Gasteiger partial charge in [0.05, 0.1) is 12.8 Å². The van der Waals surface area contributed by atoms with E-state index in [-0.39, 0.29) is 11.9 Å². The van der Waals surface area contributed by atoms with Gasteiger partial charge in [0.1, 0.15) is 11.5 Å². The molecule has 0 atom stereocenters. The second-order valence-electron chi connectivity index (χ2n) is 5.79. The molecule has 1 aliphatic carbocycles. The summed E-state index contributed by atoms with van der Waals surface area (Å²) >= 11 is 3.47. The van der Waals surface area contributed by atoms with Crippen LogP contribution < -0.4 is 0 Å². The van der Waals surface area contributed by atoms with Crippen LogP contribution in [0.1, 0.15) is 49.0 Å². The molecule has 0 N–H and O–H groups in total. The lowest BCUT2D eigenvalue weighted by Crippen LogP contribution is -2.34. The summed E-state index contributed by atoms with van der Waals surface area (Å²) in [7, 11) is 0. The standard InChI is InChI=1S/C16H19BrN2O2/c1-11(2)18-9-12(17)8-15(18)16(20)19(13-5-6-13)10-14-4-3-7-21-14/h3-4,7-9,11,13H,5-6,10H2,1-2H3. The number of amides is 1. The van der Waals surface area contributed by atoms with E-state index in [1.54, 1.807) is 6.26 Å². The van der Waals surface area contributed by atoms with Gasteiger partial charge in [-0.05, 0) is 60.8 Å². The Morgan fingerprint density at radius 2 is 2.29 bits per heavy atom. The molecule has 21 heavy (non-hydrogen) atoms. The maximum atomic E-state index is 12.9. The van der Waals surface area contributed by atoms with Crippen LogP contribution in [0.3, 0.4) is 0 Å². The van der Waals surface area contributed by atoms with Crippen LogP contribution in [-0.2, 0) is 6.54 Å². The van der Waals surface area contributed by atoms with Gasteiger partial charge in [-0.25, -0.2) is 0 Å². The lowest BCUT2D eigenvalue weighted by Gasteiger charge is -2.23. The fraction of sp³-hybridized carbons (Fsp3) is 0.438. The minimum atomic E-state index is 0.0771. The third-order valence-corrected chi connectivity index (χ3v) is 4.18. The summed E-state index contributed by atoms with van der Waals surface area (Å²) in [6.07, 6.45) is 5.78. The summed E-state index contributed by atoms with van der Waals surface area (Å²) in [6, 6.07) is 6.27. The van der Waals surface area contributed by atoms with Crippen LogP contribution >= 0.6 is 15.9 Å². The first-order valence-electron chi connectivity index (χ1n) is 7.27.